The van der Waals surface area contributed by atoms with E-state index in [0.717, 1.165) is 0 Å². The highest BCUT2D eigenvalue weighted by atomic mass is 16.6. The predicted molar refractivity (Wildman–Crippen MR) is 120 cm³/mol. The molecule has 3 atom stereocenters. The van der Waals surface area contributed by atoms with Gasteiger partial charge in [-0.15, -0.1) is 0 Å². The summed E-state index contributed by atoms with van der Waals surface area (Å²) in [7, 11) is 0. The summed E-state index contributed by atoms with van der Waals surface area (Å²) in [5, 5.41) is 0. The molecule has 1 aliphatic rings. The molecule has 0 saturated carbocycles. The molecule has 1 saturated heterocycles. The van der Waals surface area contributed by atoms with Gasteiger partial charge in [0.1, 0.15) is 5.60 Å². The minimum Gasteiger partial charge on any atom is -0.462 e. The van der Waals surface area contributed by atoms with Gasteiger partial charge in [0, 0.05) is 12.3 Å². The summed E-state index contributed by atoms with van der Waals surface area (Å²) < 4.78 is 16.5. The zero-order valence-electron chi connectivity index (χ0n) is 21.7. The fourth-order valence-electron chi connectivity index (χ4n) is 4.29. The number of hydrogen-bond acceptors (Lipinski definition) is 6. The van der Waals surface area contributed by atoms with Crippen LogP contribution < -0.4 is 0 Å². The molecule has 1 aliphatic heterocycles. The first-order valence-corrected chi connectivity index (χ1v) is 11.2. The first-order chi connectivity index (χ1) is 13.6. The van der Waals surface area contributed by atoms with E-state index in [1.807, 2.05) is 27.7 Å². The second-order valence-corrected chi connectivity index (χ2v) is 13.0. The predicted octanol–water partition coefficient (Wildman–Crippen LogP) is 5.32. The largest absolute Gasteiger partial charge is 0.462 e. The van der Waals surface area contributed by atoms with E-state index in [1.54, 1.807) is 13.8 Å². The van der Waals surface area contributed by atoms with Crippen molar-refractivity contribution in [3.8, 4) is 0 Å². The van der Waals surface area contributed by atoms with Crippen molar-refractivity contribution in [3.05, 3.63) is 0 Å². The lowest BCUT2D eigenvalue weighted by atomic mass is 9.61. The molecule has 1 rings (SSSR count). The monoisotopic (exact) mass is 440 g/mol. The Morgan fingerprint density at radius 2 is 1.42 bits per heavy atom. The zero-order chi connectivity index (χ0) is 24.6. The Morgan fingerprint density at radius 3 is 1.81 bits per heavy atom. The van der Waals surface area contributed by atoms with Crippen LogP contribution in [0.3, 0.4) is 0 Å². The van der Waals surface area contributed by atoms with Gasteiger partial charge in [0.05, 0.1) is 17.4 Å². The molecule has 0 radical (unpaired) electrons. The highest BCUT2D eigenvalue weighted by Crippen LogP contribution is 2.48. The standard InChI is InChI=1S/C25H44O6/c1-16-13-29-18(26)17(16)30-19(27)23(8,9)15-24(10,11)31-20(28)25(12,22(5,6)7)14-21(2,3)4/h16-17H,13-15H2,1-12H3. The number of rotatable bonds is 7. The zero-order valence-corrected chi connectivity index (χ0v) is 21.7. The molecule has 1 fully saturated rings. The Balaban J connectivity index is 2.97. The van der Waals surface area contributed by atoms with Gasteiger partial charge in [-0.2, -0.15) is 0 Å². The summed E-state index contributed by atoms with van der Waals surface area (Å²) in [4.78, 5) is 38.1. The van der Waals surface area contributed by atoms with Gasteiger partial charge >= 0.3 is 17.9 Å². The van der Waals surface area contributed by atoms with Gasteiger partial charge in [-0.25, -0.2) is 4.79 Å². The molecule has 0 aromatic rings. The lowest BCUT2D eigenvalue weighted by Crippen LogP contribution is -2.48. The SMILES string of the molecule is CC1COC(=O)C1OC(=O)C(C)(C)CC(C)(C)OC(=O)C(C)(CC(C)(C)C)C(C)(C)C. The van der Waals surface area contributed by atoms with Crippen LogP contribution in [0.15, 0.2) is 0 Å². The highest BCUT2D eigenvalue weighted by Gasteiger charge is 2.50. The summed E-state index contributed by atoms with van der Waals surface area (Å²) in [6, 6.07) is 0. The Morgan fingerprint density at radius 1 is 0.903 bits per heavy atom. The van der Waals surface area contributed by atoms with Crippen LogP contribution in [0.1, 0.15) is 95.9 Å². The van der Waals surface area contributed by atoms with Crippen molar-refractivity contribution >= 4 is 17.9 Å². The fraction of sp³-hybridized carbons (Fsp3) is 0.880. The molecule has 0 amide bonds. The molecular formula is C25H44O6. The molecule has 0 aromatic carbocycles. The summed E-state index contributed by atoms with van der Waals surface area (Å²) in [6.45, 7) is 23.6. The van der Waals surface area contributed by atoms with Gasteiger partial charge in [0.2, 0.25) is 6.10 Å². The first kappa shape index (κ1) is 27.4. The van der Waals surface area contributed by atoms with Crippen LogP contribution in [-0.2, 0) is 28.6 Å². The minimum atomic E-state index is -0.950. The average molecular weight is 441 g/mol. The van der Waals surface area contributed by atoms with E-state index in [9.17, 15) is 14.4 Å². The summed E-state index contributed by atoms with van der Waals surface area (Å²) in [6.07, 6.45) is 0.0514. The fourth-order valence-corrected chi connectivity index (χ4v) is 4.29. The molecular weight excluding hydrogens is 396 g/mol. The normalized spacial score (nSPS) is 22.5. The number of esters is 3. The minimum absolute atomic E-state index is 0.0547. The van der Waals surface area contributed by atoms with Crippen molar-refractivity contribution in [1.29, 1.82) is 0 Å². The van der Waals surface area contributed by atoms with E-state index in [0.29, 0.717) is 6.42 Å². The maximum absolute atomic E-state index is 13.4. The Bertz CT molecular complexity index is 692. The van der Waals surface area contributed by atoms with E-state index in [1.165, 1.54) is 0 Å². The topological polar surface area (TPSA) is 78.9 Å². The summed E-state index contributed by atoms with van der Waals surface area (Å²) in [5.74, 6) is -1.45. The van der Waals surface area contributed by atoms with Crippen LogP contribution in [0.5, 0.6) is 0 Å². The van der Waals surface area contributed by atoms with E-state index in [4.69, 9.17) is 14.2 Å². The maximum atomic E-state index is 13.4. The molecule has 6 heteroatoms. The number of carbonyl (C=O) groups is 3. The van der Waals surface area contributed by atoms with Crippen LogP contribution in [0.25, 0.3) is 0 Å². The van der Waals surface area contributed by atoms with Gasteiger partial charge in [-0.1, -0.05) is 48.5 Å². The lowest BCUT2D eigenvalue weighted by Gasteiger charge is -2.45. The van der Waals surface area contributed by atoms with E-state index in [-0.39, 0.29) is 35.7 Å². The van der Waals surface area contributed by atoms with Crippen LogP contribution in [0, 0.1) is 27.6 Å². The average Bonchev–Trinajstić information content (AvgIpc) is 2.82. The van der Waals surface area contributed by atoms with Gasteiger partial charge in [-0.3, -0.25) is 9.59 Å². The number of hydrogen-bond donors (Lipinski definition) is 0. The third-order valence-corrected chi connectivity index (χ3v) is 6.25. The molecule has 0 aromatic heterocycles. The highest BCUT2D eigenvalue weighted by molar-refractivity contribution is 5.83. The van der Waals surface area contributed by atoms with E-state index >= 15 is 0 Å². The van der Waals surface area contributed by atoms with Crippen molar-refractivity contribution < 1.29 is 28.6 Å². The Kier molecular flexibility index (Phi) is 7.74. The molecule has 6 nitrogen and oxygen atoms in total. The third kappa shape index (κ3) is 6.95. The molecule has 31 heavy (non-hydrogen) atoms. The molecule has 3 unspecified atom stereocenters. The van der Waals surface area contributed by atoms with Gasteiger partial charge in [-0.05, 0) is 51.9 Å². The molecule has 180 valence electrons. The van der Waals surface area contributed by atoms with Gasteiger partial charge < -0.3 is 14.2 Å². The third-order valence-electron chi connectivity index (χ3n) is 6.25. The number of ether oxygens (including phenoxy) is 3. The smallest absolute Gasteiger partial charge is 0.347 e. The summed E-state index contributed by atoms with van der Waals surface area (Å²) >= 11 is 0. The molecule has 0 bridgehead atoms. The Hall–Kier alpha value is -1.59. The van der Waals surface area contributed by atoms with Crippen molar-refractivity contribution in [1.82, 2.24) is 0 Å². The van der Waals surface area contributed by atoms with Crippen LogP contribution >= 0.6 is 0 Å². The van der Waals surface area contributed by atoms with Crippen LogP contribution in [0.4, 0.5) is 0 Å². The first-order valence-electron chi connectivity index (χ1n) is 11.2. The van der Waals surface area contributed by atoms with Crippen molar-refractivity contribution in [2.75, 3.05) is 6.61 Å². The van der Waals surface area contributed by atoms with Gasteiger partial charge in [0.15, 0.2) is 0 Å². The second-order valence-electron chi connectivity index (χ2n) is 13.0. The number of carbonyl (C=O) groups excluding carboxylic acids is 3. The lowest BCUT2D eigenvalue weighted by molar-refractivity contribution is -0.185. The summed E-state index contributed by atoms with van der Waals surface area (Å²) in [5.41, 5.74) is -2.90. The van der Waals surface area contributed by atoms with E-state index < -0.39 is 34.5 Å². The van der Waals surface area contributed by atoms with Crippen LogP contribution in [0.2, 0.25) is 0 Å². The Labute approximate surface area is 188 Å². The van der Waals surface area contributed by atoms with Gasteiger partial charge in [0.25, 0.3) is 0 Å². The molecule has 0 N–H and O–H groups in total. The van der Waals surface area contributed by atoms with Crippen LogP contribution in [-0.4, -0.2) is 36.2 Å². The molecule has 0 aliphatic carbocycles. The number of cyclic esters (lactones) is 1. The second kappa shape index (κ2) is 8.74. The van der Waals surface area contributed by atoms with Crippen molar-refractivity contribution in [2.24, 2.45) is 27.6 Å². The molecule has 1 heterocycles. The molecule has 0 spiro atoms. The quantitative estimate of drug-likeness (QED) is 0.394. The van der Waals surface area contributed by atoms with Crippen molar-refractivity contribution in [3.63, 3.8) is 0 Å². The van der Waals surface area contributed by atoms with Crippen molar-refractivity contribution in [2.45, 2.75) is 108 Å². The maximum Gasteiger partial charge on any atom is 0.347 e. The van der Waals surface area contributed by atoms with E-state index in [2.05, 4.69) is 41.5 Å².